The molecule has 0 heterocycles. The van der Waals surface area contributed by atoms with Gasteiger partial charge in [0.1, 0.15) is 0 Å². The predicted molar refractivity (Wildman–Crippen MR) is 61.8 cm³/mol. The normalized spacial score (nSPS) is 15.1. The summed E-state index contributed by atoms with van der Waals surface area (Å²) < 4.78 is 0.838. The number of hydrogen-bond acceptors (Lipinski definition) is 3. The van der Waals surface area contributed by atoms with Gasteiger partial charge in [-0.1, -0.05) is 6.07 Å². The van der Waals surface area contributed by atoms with Crippen LogP contribution in [0.3, 0.4) is 0 Å². The quantitative estimate of drug-likeness (QED) is 0.722. The van der Waals surface area contributed by atoms with Crippen LogP contribution in [0.1, 0.15) is 18.9 Å². The van der Waals surface area contributed by atoms with E-state index >= 15 is 0 Å². The van der Waals surface area contributed by atoms with Crippen LogP contribution >= 0.6 is 15.9 Å². The van der Waals surface area contributed by atoms with Gasteiger partial charge in [0, 0.05) is 22.3 Å². The molecule has 0 aliphatic carbocycles. The zero-order valence-electron chi connectivity index (χ0n) is 8.13. The number of nitrogen functional groups attached to an aromatic ring is 1. The molecule has 0 radical (unpaired) electrons. The van der Waals surface area contributed by atoms with Gasteiger partial charge < -0.3 is 16.6 Å². The minimum absolute atomic E-state index is 0.0784. The highest BCUT2D eigenvalue weighted by Gasteiger charge is 2.20. The standard InChI is InChI=1S/C10H15BrN2O/c1-10(13,4-5-14)7-2-3-9(12)8(11)6-7/h2-3,6,14H,4-5,12-13H2,1H3/t10-/m0/s1. The van der Waals surface area contributed by atoms with Gasteiger partial charge in [0.25, 0.3) is 0 Å². The number of rotatable bonds is 3. The number of hydrogen-bond donors (Lipinski definition) is 3. The molecule has 5 N–H and O–H groups in total. The Hall–Kier alpha value is -0.580. The molecule has 78 valence electrons. The van der Waals surface area contributed by atoms with Gasteiger partial charge in [0.15, 0.2) is 0 Å². The van der Waals surface area contributed by atoms with Gasteiger partial charge in [-0.3, -0.25) is 0 Å². The highest BCUT2D eigenvalue weighted by molar-refractivity contribution is 9.10. The topological polar surface area (TPSA) is 72.3 Å². The SMILES string of the molecule is C[C@](N)(CCO)c1ccc(N)c(Br)c1. The Labute approximate surface area is 92.2 Å². The molecule has 0 bridgehead atoms. The lowest BCUT2D eigenvalue weighted by Crippen LogP contribution is -2.34. The van der Waals surface area contributed by atoms with E-state index in [0.717, 1.165) is 10.0 Å². The summed E-state index contributed by atoms with van der Waals surface area (Å²) >= 11 is 3.35. The molecule has 1 rings (SSSR count). The zero-order valence-corrected chi connectivity index (χ0v) is 9.71. The van der Waals surface area contributed by atoms with Crippen molar-refractivity contribution in [2.45, 2.75) is 18.9 Å². The fourth-order valence-corrected chi connectivity index (χ4v) is 1.64. The van der Waals surface area contributed by atoms with Crippen molar-refractivity contribution in [2.75, 3.05) is 12.3 Å². The Morgan fingerprint density at radius 2 is 2.14 bits per heavy atom. The molecule has 0 fully saturated rings. The van der Waals surface area contributed by atoms with Crippen LogP contribution in [0.4, 0.5) is 5.69 Å². The summed E-state index contributed by atoms with van der Waals surface area (Å²) in [6, 6.07) is 5.59. The number of aliphatic hydroxyl groups excluding tert-OH is 1. The van der Waals surface area contributed by atoms with Gasteiger partial charge in [-0.05, 0) is 47.0 Å². The van der Waals surface area contributed by atoms with Crippen LogP contribution < -0.4 is 11.5 Å². The van der Waals surface area contributed by atoms with E-state index in [0.29, 0.717) is 12.1 Å². The van der Waals surface area contributed by atoms with Crippen molar-refractivity contribution in [3.8, 4) is 0 Å². The van der Waals surface area contributed by atoms with Gasteiger partial charge in [-0.15, -0.1) is 0 Å². The summed E-state index contributed by atoms with van der Waals surface area (Å²) in [5.41, 5.74) is 12.9. The third-order valence-electron chi connectivity index (χ3n) is 2.29. The van der Waals surface area contributed by atoms with Crippen LogP contribution in [-0.2, 0) is 5.54 Å². The van der Waals surface area contributed by atoms with E-state index in [9.17, 15) is 0 Å². The van der Waals surface area contributed by atoms with E-state index in [1.807, 2.05) is 25.1 Å². The maximum absolute atomic E-state index is 8.87. The van der Waals surface area contributed by atoms with Crippen LogP contribution in [0.5, 0.6) is 0 Å². The first-order chi connectivity index (χ1) is 6.47. The maximum Gasteiger partial charge on any atom is 0.0458 e. The largest absolute Gasteiger partial charge is 0.398 e. The van der Waals surface area contributed by atoms with Crippen LogP contribution in [0.25, 0.3) is 0 Å². The molecule has 1 aromatic rings. The Balaban J connectivity index is 3.01. The average Bonchev–Trinajstić information content (AvgIpc) is 2.09. The van der Waals surface area contributed by atoms with Crippen LogP contribution in [0.2, 0.25) is 0 Å². The molecule has 1 atom stereocenters. The molecule has 3 nitrogen and oxygen atoms in total. The van der Waals surface area contributed by atoms with E-state index in [2.05, 4.69) is 15.9 Å². The molecule has 0 saturated heterocycles. The number of aliphatic hydroxyl groups is 1. The summed E-state index contributed by atoms with van der Waals surface area (Å²) in [6.45, 7) is 1.97. The van der Waals surface area contributed by atoms with Crippen molar-refractivity contribution in [1.29, 1.82) is 0 Å². The summed E-state index contributed by atoms with van der Waals surface area (Å²) in [7, 11) is 0. The molecule has 14 heavy (non-hydrogen) atoms. The Kier molecular flexibility index (Phi) is 3.53. The molecule has 4 heteroatoms. The summed E-state index contributed by atoms with van der Waals surface area (Å²) in [6.07, 6.45) is 0.531. The molecule has 0 aromatic heterocycles. The van der Waals surface area contributed by atoms with Crippen molar-refractivity contribution in [3.63, 3.8) is 0 Å². The third-order valence-corrected chi connectivity index (χ3v) is 2.98. The van der Waals surface area contributed by atoms with Crippen LogP contribution in [0.15, 0.2) is 22.7 Å². The summed E-state index contributed by atoms with van der Waals surface area (Å²) in [5, 5.41) is 8.87. The third kappa shape index (κ3) is 2.47. The summed E-state index contributed by atoms with van der Waals surface area (Å²) in [4.78, 5) is 0. The van der Waals surface area contributed by atoms with Crippen molar-refractivity contribution in [2.24, 2.45) is 5.73 Å². The van der Waals surface area contributed by atoms with Gasteiger partial charge in [0.2, 0.25) is 0 Å². The number of halogens is 1. The Bertz CT molecular complexity index is 326. The zero-order chi connectivity index (χ0) is 10.8. The number of nitrogens with two attached hydrogens (primary N) is 2. The molecule has 1 aromatic carbocycles. The molecule has 0 aliphatic heterocycles. The Morgan fingerprint density at radius 1 is 1.50 bits per heavy atom. The van der Waals surface area contributed by atoms with Crippen molar-refractivity contribution >= 4 is 21.6 Å². The molecule has 0 aliphatic rings. The van der Waals surface area contributed by atoms with E-state index in [1.54, 1.807) is 0 Å². The van der Waals surface area contributed by atoms with E-state index < -0.39 is 5.54 Å². The van der Waals surface area contributed by atoms with E-state index in [4.69, 9.17) is 16.6 Å². The first-order valence-corrected chi connectivity index (χ1v) is 5.22. The lowest BCUT2D eigenvalue weighted by molar-refractivity contribution is 0.247. The summed E-state index contributed by atoms with van der Waals surface area (Å²) in [5.74, 6) is 0. The minimum Gasteiger partial charge on any atom is -0.398 e. The minimum atomic E-state index is -0.509. The second-order valence-electron chi connectivity index (χ2n) is 3.63. The number of benzene rings is 1. The Morgan fingerprint density at radius 3 is 2.64 bits per heavy atom. The second kappa shape index (κ2) is 4.29. The highest BCUT2D eigenvalue weighted by Crippen LogP contribution is 2.27. The van der Waals surface area contributed by atoms with Crippen molar-refractivity contribution in [1.82, 2.24) is 0 Å². The molecule has 0 amide bonds. The van der Waals surface area contributed by atoms with Crippen molar-refractivity contribution in [3.05, 3.63) is 28.2 Å². The molecule has 0 unspecified atom stereocenters. The lowest BCUT2D eigenvalue weighted by Gasteiger charge is -2.24. The first kappa shape index (κ1) is 11.5. The van der Waals surface area contributed by atoms with Gasteiger partial charge >= 0.3 is 0 Å². The van der Waals surface area contributed by atoms with Gasteiger partial charge in [0.05, 0.1) is 0 Å². The fourth-order valence-electron chi connectivity index (χ4n) is 1.26. The lowest BCUT2D eigenvalue weighted by atomic mass is 9.90. The van der Waals surface area contributed by atoms with Crippen LogP contribution in [0, 0.1) is 0 Å². The van der Waals surface area contributed by atoms with Crippen LogP contribution in [-0.4, -0.2) is 11.7 Å². The number of anilines is 1. The second-order valence-corrected chi connectivity index (χ2v) is 4.48. The molecule has 0 spiro atoms. The predicted octanol–water partition coefficient (Wildman–Crippen LogP) is 1.59. The van der Waals surface area contributed by atoms with Crippen molar-refractivity contribution < 1.29 is 5.11 Å². The first-order valence-electron chi connectivity index (χ1n) is 4.42. The molecular formula is C10H15BrN2O. The highest BCUT2D eigenvalue weighted by atomic mass is 79.9. The van der Waals surface area contributed by atoms with Gasteiger partial charge in [-0.2, -0.15) is 0 Å². The smallest absolute Gasteiger partial charge is 0.0458 e. The average molecular weight is 259 g/mol. The van der Waals surface area contributed by atoms with E-state index in [1.165, 1.54) is 0 Å². The molecule has 0 saturated carbocycles. The maximum atomic E-state index is 8.87. The van der Waals surface area contributed by atoms with Gasteiger partial charge in [-0.25, -0.2) is 0 Å². The molecular weight excluding hydrogens is 244 g/mol. The monoisotopic (exact) mass is 258 g/mol. The van der Waals surface area contributed by atoms with E-state index in [-0.39, 0.29) is 6.61 Å². The fraction of sp³-hybridized carbons (Fsp3) is 0.400.